The maximum Gasteiger partial charge on any atom is 0.291 e. The number of hydrazone groups is 1. The molecule has 23 heavy (non-hydrogen) atoms. The van der Waals surface area contributed by atoms with Crippen LogP contribution in [0, 0.1) is 0 Å². The first-order valence-electron chi connectivity index (χ1n) is 6.52. The largest absolute Gasteiger partial charge is 0.291 e. The molecule has 0 fully saturated rings. The lowest BCUT2D eigenvalue weighted by atomic mass is 10.2. The highest BCUT2D eigenvalue weighted by Gasteiger charge is 2.11. The van der Waals surface area contributed by atoms with Crippen LogP contribution < -0.4 is 5.43 Å². The number of aromatic amines is 1. The lowest BCUT2D eigenvalue weighted by molar-refractivity contribution is 0.0950. The first-order valence-corrected chi connectivity index (χ1v) is 8.50. The number of carbonyl (C=O) groups excluding carboxylic acids is 1. The molecule has 2 heterocycles. The second-order valence-electron chi connectivity index (χ2n) is 4.52. The fraction of sp³-hybridized carbons (Fsp3) is 0. The zero-order chi connectivity index (χ0) is 16.2. The molecule has 0 bridgehead atoms. The number of hydrogen-bond donors (Lipinski definition) is 2. The number of carbonyl (C=O) groups is 1. The topological polar surface area (TPSA) is 70.1 Å². The molecule has 3 aromatic rings. The van der Waals surface area contributed by atoms with E-state index in [0.29, 0.717) is 5.02 Å². The van der Waals surface area contributed by atoms with Crippen LogP contribution >= 0.6 is 38.9 Å². The van der Waals surface area contributed by atoms with Gasteiger partial charge in [-0.05, 0) is 51.8 Å². The quantitative estimate of drug-likeness (QED) is 0.498. The summed E-state index contributed by atoms with van der Waals surface area (Å²) in [5.41, 5.74) is 4.34. The van der Waals surface area contributed by atoms with E-state index in [1.165, 1.54) is 6.21 Å². The molecule has 0 aliphatic rings. The summed E-state index contributed by atoms with van der Waals surface area (Å²) in [6.45, 7) is 0. The van der Waals surface area contributed by atoms with Crippen LogP contribution in [0.2, 0.25) is 5.02 Å². The Morgan fingerprint density at radius 1 is 1.30 bits per heavy atom. The van der Waals surface area contributed by atoms with Gasteiger partial charge in [0.1, 0.15) is 0 Å². The summed E-state index contributed by atoms with van der Waals surface area (Å²) in [7, 11) is 0. The van der Waals surface area contributed by atoms with Crippen LogP contribution in [0.15, 0.2) is 51.4 Å². The van der Waals surface area contributed by atoms with Crippen molar-refractivity contribution in [2.24, 2.45) is 5.10 Å². The Labute approximate surface area is 149 Å². The lowest BCUT2D eigenvalue weighted by Crippen LogP contribution is -2.17. The fourth-order valence-corrected chi connectivity index (χ4v) is 3.27. The number of nitrogens with zero attached hydrogens (tertiary/aromatic N) is 2. The molecule has 2 N–H and O–H groups in total. The van der Waals surface area contributed by atoms with Gasteiger partial charge in [-0.1, -0.05) is 23.7 Å². The molecule has 0 spiro atoms. The first-order chi connectivity index (χ1) is 11.1. The second-order valence-corrected chi connectivity index (χ2v) is 7.42. The van der Waals surface area contributed by atoms with E-state index in [1.54, 1.807) is 41.7 Å². The number of rotatable bonds is 4. The molecule has 0 saturated carbocycles. The predicted octanol–water partition coefficient (Wildman–Crippen LogP) is 4.32. The SMILES string of the molecule is O=C(N/N=C\c1ccc(Cl)cc1)c1cc(-c2ccc(Br)s2)[nH]n1. The van der Waals surface area contributed by atoms with E-state index < -0.39 is 0 Å². The standard InChI is InChI=1S/C15H10BrClN4OS/c16-14-6-5-13(23-14)11-7-12(20-19-11)15(22)21-18-8-9-1-3-10(17)4-2-9/h1-8H,(H,19,20)(H,21,22)/b18-8-. The summed E-state index contributed by atoms with van der Waals surface area (Å²) < 4.78 is 1.01. The third-order valence-electron chi connectivity index (χ3n) is 2.90. The van der Waals surface area contributed by atoms with Gasteiger partial charge in [0, 0.05) is 5.02 Å². The molecule has 1 aromatic carbocycles. The van der Waals surface area contributed by atoms with Crippen molar-refractivity contribution >= 4 is 51.0 Å². The van der Waals surface area contributed by atoms with Gasteiger partial charge in [-0.25, -0.2) is 5.43 Å². The van der Waals surface area contributed by atoms with E-state index in [4.69, 9.17) is 11.6 Å². The Bertz CT molecular complexity index is 857. The van der Waals surface area contributed by atoms with Crippen LogP contribution in [0.3, 0.4) is 0 Å². The summed E-state index contributed by atoms with van der Waals surface area (Å²) in [4.78, 5) is 13.0. The second kappa shape index (κ2) is 7.08. The van der Waals surface area contributed by atoms with Gasteiger partial charge in [-0.15, -0.1) is 11.3 Å². The van der Waals surface area contributed by atoms with E-state index in [9.17, 15) is 4.79 Å². The summed E-state index contributed by atoms with van der Waals surface area (Å²) >= 11 is 10.8. The molecule has 2 aromatic heterocycles. The number of H-pyrrole nitrogens is 1. The normalized spacial score (nSPS) is 11.0. The minimum absolute atomic E-state index is 0.276. The van der Waals surface area contributed by atoms with Crippen molar-refractivity contribution in [3.63, 3.8) is 0 Å². The molecule has 1 amide bonds. The minimum atomic E-state index is -0.381. The van der Waals surface area contributed by atoms with Crippen molar-refractivity contribution in [2.75, 3.05) is 0 Å². The number of thiophene rings is 1. The number of hydrogen-bond acceptors (Lipinski definition) is 4. The van der Waals surface area contributed by atoms with E-state index in [-0.39, 0.29) is 11.6 Å². The van der Waals surface area contributed by atoms with Gasteiger partial charge in [0.2, 0.25) is 0 Å². The van der Waals surface area contributed by atoms with E-state index >= 15 is 0 Å². The van der Waals surface area contributed by atoms with Gasteiger partial charge in [0.25, 0.3) is 5.91 Å². The van der Waals surface area contributed by atoms with Gasteiger partial charge in [-0.3, -0.25) is 9.89 Å². The minimum Gasteiger partial charge on any atom is -0.276 e. The van der Waals surface area contributed by atoms with E-state index in [0.717, 1.165) is 19.9 Å². The summed E-state index contributed by atoms with van der Waals surface area (Å²) in [6, 6.07) is 12.7. The Morgan fingerprint density at radius 3 is 2.78 bits per heavy atom. The molecule has 3 rings (SSSR count). The number of benzene rings is 1. The zero-order valence-corrected chi connectivity index (χ0v) is 14.7. The lowest BCUT2D eigenvalue weighted by Gasteiger charge is -1.95. The van der Waals surface area contributed by atoms with Crippen LogP contribution in [0.5, 0.6) is 0 Å². The van der Waals surface area contributed by atoms with Gasteiger partial charge in [-0.2, -0.15) is 10.2 Å². The Balaban J connectivity index is 1.64. The molecule has 0 radical (unpaired) electrons. The summed E-state index contributed by atoms with van der Waals surface area (Å²) in [5, 5.41) is 11.4. The van der Waals surface area contributed by atoms with Crippen LogP contribution in [0.1, 0.15) is 16.1 Å². The molecular formula is C15H10BrClN4OS. The molecule has 0 aliphatic carbocycles. The Hall–Kier alpha value is -1.96. The van der Waals surface area contributed by atoms with Crippen molar-refractivity contribution in [3.05, 3.63) is 62.5 Å². The van der Waals surface area contributed by atoms with Crippen LogP contribution in [-0.4, -0.2) is 22.3 Å². The van der Waals surface area contributed by atoms with Gasteiger partial charge in [0.05, 0.1) is 20.6 Å². The molecule has 0 aliphatic heterocycles. The molecule has 116 valence electrons. The molecule has 0 atom stereocenters. The zero-order valence-electron chi connectivity index (χ0n) is 11.6. The molecule has 8 heteroatoms. The summed E-state index contributed by atoms with van der Waals surface area (Å²) in [5.74, 6) is -0.381. The third kappa shape index (κ3) is 4.07. The predicted molar refractivity (Wildman–Crippen MR) is 96.1 cm³/mol. The van der Waals surface area contributed by atoms with E-state index in [2.05, 4.69) is 36.7 Å². The number of aromatic nitrogens is 2. The maximum atomic E-state index is 12.0. The molecular weight excluding hydrogens is 400 g/mol. The average Bonchev–Trinajstić information content (AvgIpc) is 3.18. The molecule has 0 saturated heterocycles. The number of nitrogens with one attached hydrogen (secondary N) is 2. The van der Waals surface area contributed by atoms with Crippen molar-refractivity contribution in [2.45, 2.75) is 0 Å². The maximum absolute atomic E-state index is 12.0. The monoisotopic (exact) mass is 408 g/mol. The highest BCUT2D eigenvalue weighted by atomic mass is 79.9. The highest BCUT2D eigenvalue weighted by Crippen LogP contribution is 2.30. The van der Waals surface area contributed by atoms with Crippen LogP contribution in [-0.2, 0) is 0 Å². The Morgan fingerprint density at radius 2 is 2.09 bits per heavy atom. The summed E-state index contributed by atoms with van der Waals surface area (Å²) in [6.07, 6.45) is 1.54. The van der Waals surface area contributed by atoms with E-state index in [1.807, 2.05) is 12.1 Å². The number of amides is 1. The van der Waals surface area contributed by atoms with Gasteiger partial charge >= 0.3 is 0 Å². The Kier molecular flexibility index (Phi) is 4.90. The first kappa shape index (κ1) is 15.9. The van der Waals surface area contributed by atoms with Crippen molar-refractivity contribution < 1.29 is 4.79 Å². The highest BCUT2D eigenvalue weighted by molar-refractivity contribution is 9.11. The van der Waals surface area contributed by atoms with Crippen molar-refractivity contribution in [1.29, 1.82) is 0 Å². The number of halogens is 2. The van der Waals surface area contributed by atoms with Crippen LogP contribution in [0.4, 0.5) is 0 Å². The third-order valence-corrected chi connectivity index (χ3v) is 4.81. The van der Waals surface area contributed by atoms with Gasteiger partial charge in [0.15, 0.2) is 5.69 Å². The fourth-order valence-electron chi connectivity index (χ4n) is 1.79. The van der Waals surface area contributed by atoms with Gasteiger partial charge < -0.3 is 0 Å². The smallest absolute Gasteiger partial charge is 0.276 e. The van der Waals surface area contributed by atoms with Crippen molar-refractivity contribution in [3.8, 4) is 10.6 Å². The average molecular weight is 410 g/mol. The van der Waals surface area contributed by atoms with Crippen molar-refractivity contribution in [1.82, 2.24) is 15.6 Å². The molecule has 0 unspecified atom stereocenters. The van der Waals surface area contributed by atoms with Crippen LogP contribution in [0.25, 0.3) is 10.6 Å². The molecule has 5 nitrogen and oxygen atoms in total.